The van der Waals surface area contributed by atoms with E-state index in [2.05, 4.69) is 20.8 Å². The summed E-state index contributed by atoms with van der Waals surface area (Å²) < 4.78 is 11.3. The van der Waals surface area contributed by atoms with E-state index in [1.54, 1.807) is 7.11 Å². The van der Waals surface area contributed by atoms with E-state index in [4.69, 9.17) is 8.85 Å². The highest BCUT2D eigenvalue weighted by atomic mass is 28.3. The Hall–Kier alpha value is -0.803. The van der Waals surface area contributed by atoms with Gasteiger partial charge in [-0.05, 0) is 12.1 Å². The number of rotatable bonds is 3. The van der Waals surface area contributed by atoms with Crippen molar-refractivity contribution in [2.45, 2.75) is 25.8 Å². The van der Waals surface area contributed by atoms with E-state index in [0.717, 1.165) is 5.75 Å². The molecule has 3 heteroatoms. The lowest BCUT2D eigenvalue weighted by Gasteiger charge is -2.27. The zero-order chi connectivity index (χ0) is 10.6. The molecule has 0 aliphatic rings. The molecule has 1 unspecified atom stereocenters. The molecule has 14 heavy (non-hydrogen) atoms. The number of para-hydroxylation sites is 1. The molecule has 0 aliphatic heterocycles. The summed E-state index contributed by atoms with van der Waals surface area (Å²) in [5.74, 6) is 0.904. The molecule has 0 aliphatic carbocycles. The Labute approximate surface area is 87.7 Å². The van der Waals surface area contributed by atoms with Gasteiger partial charge in [-0.15, -0.1) is 0 Å². The van der Waals surface area contributed by atoms with Gasteiger partial charge in [0, 0.05) is 12.1 Å². The Morgan fingerprint density at radius 3 is 2.07 bits per heavy atom. The van der Waals surface area contributed by atoms with Gasteiger partial charge < -0.3 is 8.85 Å². The van der Waals surface area contributed by atoms with Gasteiger partial charge in [-0.25, -0.2) is 0 Å². The van der Waals surface area contributed by atoms with Crippen molar-refractivity contribution in [3.05, 3.63) is 30.3 Å². The molecule has 0 saturated carbocycles. The van der Waals surface area contributed by atoms with E-state index in [1.807, 2.05) is 30.3 Å². The van der Waals surface area contributed by atoms with Gasteiger partial charge in [0.2, 0.25) is 0 Å². The fourth-order valence-electron chi connectivity index (χ4n) is 1.20. The van der Waals surface area contributed by atoms with Gasteiger partial charge in [0.05, 0.1) is 0 Å². The van der Waals surface area contributed by atoms with Gasteiger partial charge >= 0.3 is 9.28 Å². The minimum atomic E-state index is -1.63. The predicted octanol–water partition coefficient (Wildman–Crippen LogP) is 2.73. The molecule has 2 nitrogen and oxygen atoms in total. The molecule has 0 aromatic heterocycles. The molecule has 1 aromatic carbocycles. The standard InChI is InChI=1S/C11H18O2Si/c1-11(2,3)14(12-4)13-10-8-6-5-7-9-10/h5-9,14H,1-4H3. The summed E-state index contributed by atoms with van der Waals surface area (Å²) in [7, 11) is 0.0994. The normalized spacial score (nSPS) is 13.7. The van der Waals surface area contributed by atoms with Crippen LogP contribution in [0.1, 0.15) is 20.8 Å². The first-order valence-electron chi connectivity index (χ1n) is 4.78. The minimum absolute atomic E-state index is 0.116. The summed E-state index contributed by atoms with van der Waals surface area (Å²) in [5.41, 5.74) is 0. The van der Waals surface area contributed by atoms with Crippen LogP contribution in [0, 0.1) is 0 Å². The maximum atomic E-state index is 5.84. The third kappa shape index (κ3) is 3.16. The summed E-state index contributed by atoms with van der Waals surface area (Å²) in [6.07, 6.45) is 0. The van der Waals surface area contributed by atoms with Crippen LogP contribution >= 0.6 is 0 Å². The van der Waals surface area contributed by atoms with E-state index >= 15 is 0 Å². The molecule has 0 spiro atoms. The van der Waals surface area contributed by atoms with Crippen molar-refractivity contribution in [1.29, 1.82) is 0 Å². The zero-order valence-electron chi connectivity index (χ0n) is 9.28. The molecule has 0 amide bonds. The second-order valence-corrected chi connectivity index (χ2v) is 7.47. The Morgan fingerprint density at radius 2 is 1.64 bits per heavy atom. The Bertz CT molecular complexity index is 266. The fourth-order valence-corrected chi connectivity index (χ4v) is 2.76. The summed E-state index contributed by atoms with van der Waals surface area (Å²) in [6, 6.07) is 9.85. The van der Waals surface area contributed by atoms with Crippen LogP contribution in [0.4, 0.5) is 0 Å². The van der Waals surface area contributed by atoms with E-state index in [9.17, 15) is 0 Å². The zero-order valence-corrected chi connectivity index (χ0v) is 10.4. The van der Waals surface area contributed by atoms with Gasteiger partial charge in [0.25, 0.3) is 0 Å². The average Bonchev–Trinajstić information content (AvgIpc) is 2.14. The summed E-state index contributed by atoms with van der Waals surface area (Å²) in [4.78, 5) is 0. The highest BCUT2D eigenvalue weighted by Crippen LogP contribution is 2.28. The highest BCUT2D eigenvalue weighted by molar-refractivity contribution is 6.49. The number of benzene rings is 1. The minimum Gasteiger partial charge on any atom is -0.522 e. The molecule has 1 rings (SSSR count). The lowest BCUT2D eigenvalue weighted by molar-refractivity contribution is 0.303. The van der Waals surface area contributed by atoms with E-state index in [1.165, 1.54) is 0 Å². The molecular weight excluding hydrogens is 192 g/mol. The number of hydrogen-bond donors (Lipinski definition) is 0. The maximum absolute atomic E-state index is 5.84. The first kappa shape index (κ1) is 11.3. The van der Waals surface area contributed by atoms with Crippen LogP contribution in [-0.2, 0) is 4.43 Å². The van der Waals surface area contributed by atoms with Crippen molar-refractivity contribution in [2.24, 2.45) is 0 Å². The molecule has 0 radical (unpaired) electrons. The topological polar surface area (TPSA) is 18.5 Å². The Morgan fingerprint density at radius 1 is 1.07 bits per heavy atom. The molecule has 1 aromatic rings. The quantitative estimate of drug-likeness (QED) is 0.714. The van der Waals surface area contributed by atoms with Crippen LogP contribution in [0.15, 0.2) is 30.3 Å². The van der Waals surface area contributed by atoms with Crippen LogP contribution in [0.25, 0.3) is 0 Å². The van der Waals surface area contributed by atoms with Gasteiger partial charge in [-0.3, -0.25) is 0 Å². The van der Waals surface area contributed by atoms with Crippen molar-refractivity contribution in [2.75, 3.05) is 7.11 Å². The largest absolute Gasteiger partial charge is 0.522 e. The summed E-state index contributed by atoms with van der Waals surface area (Å²) >= 11 is 0. The van der Waals surface area contributed by atoms with E-state index < -0.39 is 9.28 Å². The third-order valence-corrected chi connectivity index (χ3v) is 4.24. The molecule has 0 saturated heterocycles. The van der Waals surface area contributed by atoms with Gasteiger partial charge in [0.1, 0.15) is 5.75 Å². The fraction of sp³-hybridized carbons (Fsp3) is 0.455. The molecule has 0 N–H and O–H groups in total. The SMILES string of the molecule is CO[SiH](Oc1ccccc1)C(C)(C)C. The van der Waals surface area contributed by atoms with Crippen molar-refractivity contribution >= 4 is 9.28 Å². The van der Waals surface area contributed by atoms with Crippen LogP contribution in [0.5, 0.6) is 5.75 Å². The first-order valence-corrected chi connectivity index (χ1v) is 6.30. The van der Waals surface area contributed by atoms with Crippen LogP contribution in [0.3, 0.4) is 0 Å². The molecule has 0 bridgehead atoms. The second kappa shape index (κ2) is 4.62. The second-order valence-electron chi connectivity index (χ2n) is 4.36. The van der Waals surface area contributed by atoms with Gasteiger partial charge in [0.15, 0.2) is 0 Å². The molecule has 0 heterocycles. The van der Waals surface area contributed by atoms with Crippen LogP contribution in [0.2, 0.25) is 5.04 Å². The van der Waals surface area contributed by atoms with Crippen molar-refractivity contribution < 1.29 is 8.85 Å². The highest BCUT2D eigenvalue weighted by Gasteiger charge is 2.30. The van der Waals surface area contributed by atoms with Gasteiger partial charge in [-0.2, -0.15) is 0 Å². The van der Waals surface area contributed by atoms with Crippen molar-refractivity contribution in [3.8, 4) is 5.75 Å². The number of hydrogen-bond acceptors (Lipinski definition) is 2. The van der Waals surface area contributed by atoms with Crippen molar-refractivity contribution in [3.63, 3.8) is 0 Å². The molecular formula is C11H18O2Si. The van der Waals surface area contributed by atoms with Crippen molar-refractivity contribution in [1.82, 2.24) is 0 Å². The lowest BCUT2D eigenvalue weighted by atomic mass is 10.3. The first-order chi connectivity index (χ1) is 6.54. The smallest absolute Gasteiger partial charge is 0.387 e. The Balaban J connectivity index is 2.67. The van der Waals surface area contributed by atoms with Crippen LogP contribution < -0.4 is 4.43 Å². The van der Waals surface area contributed by atoms with Crippen LogP contribution in [-0.4, -0.2) is 16.4 Å². The predicted molar refractivity (Wildman–Crippen MR) is 60.9 cm³/mol. The summed E-state index contributed by atoms with van der Waals surface area (Å²) in [5, 5.41) is 0.116. The van der Waals surface area contributed by atoms with E-state index in [0.29, 0.717) is 0 Å². The molecule has 1 atom stereocenters. The lowest BCUT2D eigenvalue weighted by Crippen LogP contribution is -2.34. The molecule has 78 valence electrons. The maximum Gasteiger partial charge on any atom is 0.387 e. The third-order valence-electron chi connectivity index (χ3n) is 1.91. The molecule has 0 fully saturated rings. The monoisotopic (exact) mass is 210 g/mol. The summed E-state index contributed by atoms with van der Waals surface area (Å²) in [6.45, 7) is 6.45. The van der Waals surface area contributed by atoms with E-state index in [-0.39, 0.29) is 5.04 Å². The Kier molecular flexibility index (Phi) is 3.72. The van der Waals surface area contributed by atoms with Gasteiger partial charge in [-0.1, -0.05) is 39.0 Å². The average molecular weight is 210 g/mol.